The molecule has 1 aliphatic heterocycles. The third kappa shape index (κ3) is 2.76. The molecule has 6 nitrogen and oxygen atoms in total. The van der Waals surface area contributed by atoms with Crippen molar-refractivity contribution in [3.8, 4) is 0 Å². The molecule has 1 saturated heterocycles. The third-order valence-electron chi connectivity index (χ3n) is 2.76. The Hall–Kier alpha value is -1.70. The lowest BCUT2D eigenvalue weighted by Crippen LogP contribution is -2.21. The van der Waals surface area contributed by atoms with Crippen molar-refractivity contribution in [2.45, 2.75) is 12.5 Å². The molecule has 0 spiro atoms. The first-order chi connectivity index (χ1) is 8.37. The largest absolute Gasteiger partial charge is 0.379 e. The molecule has 1 atom stereocenters. The molecule has 0 aromatic heterocycles. The molecular formula is C10H11FN2O4S. The maximum absolute atomic E-state index is 13.5. The molecule has 0 radical (unpaired) electrons. The number of nitro benzene ring substituents is 1. The molecular weight excluding hydrogens is 263 g/mol. The molecule has 8 heteroatoms. The predicted octanol–water partition coefficient (Wildman–Crippen LogP) is 1.33. The van der Waals surface area contributed by atoms with Crippen LogP contribution in [0.4, 0.5) is 15.8 Å². The summed E-state index contributed by atoms with van der Waals surface area (Å²) in [5, 5.41) is 13.2. The zero-order valence-corrected chi connectivity index (χ0v) is 10.1. The van der Waals surface area contributed by atoms with Crippen molar-refractivity contribution in [3.05, 3.63) is 34.1 Å². The van der Waals surface area contributed by atoms with E-state index in [9.17, 15) is 22.9 Å². The van der Waals surface area contributed by atoms with Gasteiger partial charge in [-0.25, -0.2) is 12.8 Å². The van der Waals surface area contributed by atoms with Gasteiger partial charge >= 0.3 is 0 Å². The summed E-state index contributed by atoms with van der Waals surface area (Å²) in [5.74, 6) is -0.712. The molecule has 18 heavy (non-hydrogen) atoms. The van der Waals surface area contributed by atoms with Gasteiger partial charge in [0.25, 0.3) is 5.69 Å². The molecule has 2 rings (SSSR count). The summed E-state index contributed by atoms with van der Waals surface area (Å²) in [5.41, 5.74) is -0.250. The van der Waals surface area contributed by atoms with Crippen LogP contribution in [0.2, 0.25) is 0 Å². The molecule has 1 heterocycles. The first-order valence-corrected chi connectivity index (χ1v) is 7.10. The van der Waals surface area contributed by atoms with Crippen LogP contribution in [0.3, 0.4) is 0 Å². The molecule has 1 aliphatic rings. The maximum Gasteiger partial charge on any atom is 0.272 e. The number of rotatable bonds is 3. The molecule has 1 N–H and O–H groups in total. The SMILES string of the molecule is O=[N+]([O-])c1ccc(N[C@H]2CCS(=O)(=O)C2)c(F)c1. The lowest BCUT2D eigenvalue weighted by Gasteiger charge is -2.12. The molecule has 1 aromatic rings. The van der Waals surface area contributed by atoms with Gasteiger partial charge in [-0.15, -0.1) is 0 Å². The number of nitrogens with zero attached hydrogens (tertiary/aromatic N) is 1. The Balaban J connectivity index is 2.13. The summed E-state index contributed by atoms with van der Waals surface area (Å²) in [7, 11) is -3.04. The van der Waals surface area contributed by atoms with Crippen LogP contribution in [0.25, 0.3) is 0 Å². The van der Waals surface area contributed by atoms with Crippen molar-refractivity contribution in [2.24, 2.45) is 0 Å². The van der Waals surface area contributed by atoms with Gasteiger partial charge in [-0.2, -0.15) is 0 Å². The van der Waals surface area contributed by atoms with E-state index in [0.29, 0.717) is 6.42 Å². The van der Waals surface area contributed by atoms with Gasteiger partial charge in [-0.1, -0.05) is 0 Å². The van der Waals surface area contributed by atoms with Gasteiger partial charge in [0.15, 0.2) is 15.7 Å². The number of halogens is 1. The van der Waals surface area contributed by atoms with Crippen LogP contribution in [0.15, 0.2) is 18.2 Å². The van der Waals surface area contributed by atoms with Gasteiger partial charge in [-0.3, -0.25) is 10.1 Å². The maximum atomic E-state index is 13.5. The number of nitro groups is 1. The lowest BCUT2D eigenvalue weighted by molar-refractivity contribution is -0.385. The van der Waals surface area contributed by atoms with E-state index >= 15 is 0 Å². The Morgan fingerprint density at radius 1 is 1.44 bits per heavy atom. The summed E-state index contributed by atoms with van der Waals surface area (Å²) in [6.07, 6.45) is 0.415. The topological polar surface area (TPSA) is 89.3 Å². The van der Waals surface area contributed by atoms with E-state index in [2.05, 4.69) is 5.32 Å². The highest BCUT2D eigenvalue weighted by Gasteiger charge is 2.28. The van der Waals surface area contributed by atoms with Crippen molar-refractivity contribution < 1.29 is 17.7 Å². The number of hydrogen-bond acceptors (Lipinski definition) is 5. The first-order valence-electron chi connectivity index (χ1n) is 5.28. The fourth-order valence-corrected chi connectivity index (χ4v) is 3.54. The number of nitrogens with one attached hydrogen (secondary N) is 1. The van der Waals surface area contributed by atoms with Crippen molar-refractivity contribution in [3.63, 3.8) is 0 Å². The standard InChI is InChI=1S/C10H11FN2O4S/c11-9-5-8(13(14)15)1-2-10(9)12-7-3-4-18(16,17)6-7/h1-2,5,7,12H,3-4,6H2/t7-/m0/s1. The Morgan fingerprint density at radius 3 is 2.67 bits per heavy atom. The second kappa shape index (κ2) is 4.52. The normalized spacial score (nSPS) is 21.7. The van der Waals surface area contributed by atoms with E-state index in [-0.39, 0.29) is 28.9 Å². The van der Waals surface area contributed by atoms with Gasteiger partial charge in [0.05, 0.1) is 28.2 Å². The van der Waals surface area contributed by atoms with Gasteiger partial charge in [0.1, 0.15) is 0 Å². The quantitative estimate of drug-likeness (QED) is 0.663. The van der Waals surface area contributed by atoms with Crippen molar-refractivity contribution in [1.29, 1.82) is 0 Å². The van der Waals surface area contributed by atoms with Gasteiger partial charge in [0.2, 0.25) is 0 Å². The van der Waals surface area contributed by atoms with Crippen LogP contribution in [-0.4, -0.2) is 30.9 Å². The number of anilines is 1. The average molecular weight is 274 g/mol. The van der Waals surface area contributed by atoms with Crippen molar-refractivity contribution >= 4 is 21.2 Å². The first kappa shape index (κ1) is 12.7. The summed E-state index contributed by atoms with van der Waals surface area (Å²) < 4.78 is 36.0. The molecule has 0 saturated carbocycles. The Bertz CT molecular complexity index is 588. The van der Waals surface area contributed by atoms with Crippen molar-refractivity contribution in [1.82, 2.24) is 0 Å². The zero-order valence-electron chi connectivity index (χ0n) is 9.30. The van der Waals surface area contributed by atoms with E-state index in [1.807, 2.05) is 0 Å². The van der Waals surface area contributed by atoms with Crippen molar-refractivity contribution in [2.75, 3.05) is 16.8 Å². The van der Waals surface area contributed by atoms with Crippen LogP contribution in [0, 0.1) is 15.9 Å². The Morgan fingerprint density at radius 2 is 2.17 bits per heavy atom. The predicted molar refractivity (Wildman–Crippen MR) is 63.7 cm³/mol. The average Bonchev–Trinajstić information content (AvgIpc) is 2.61. The van der Waals surface area contributed by atoms with Gasteiger partial charge in [-0.05, 0) is 12.5 Å². The molecule has 0 aliphatic carbocycles. The second-order valence-corrected chi connectivity index (χ2v) is 6.39. The number of hydrogen-bond donors (Lipinski definition) is 1. The van der Waals surface area contributed by atoms with Crippen LogP contribution in [-0.2, 0) is 9.84 Å². The third-order valence-corrected chi connectivity index (χ3v) is 4.52. The number of benzene rings is 1. The monoisotopic (exact) mass is 274 g/mol. The Labute approximate surface area is 103 Å². The molecule has 0 unspecified atom stereocenters. The fourth-order valence-electron chi connectivity index (χ4n) is 1.86. The van der Waals surface area contributed by atoms with Crippen LogP contribution < -0.4 is 5.32 Å². The van der Waals surface area contributed by atoms with Crippen LogP contribution in [0.5, 0.6) is 0 Å². The van der Waals surface area contributed by atoms with E-state index in [1.54, 1.807) is 0 Å². The lowest BCUT2D eigenvalue weighted by atomic mass is 10.2. The highest BCUT2D eigenvalue weighted by atomic mass is 32.2. The van der Waals surface area contributed by atoms with E-state index in [1.165, 1.54) is 12.1 Å². The number of sulfone groups is 1. The minimum absolute atomic E-state index is 0.0383. The second-order valence-electron chi connectivity index (χ2n) is 4.17. The summed E-state index contributed by atoms with van der Waals surface area (Å²) in [4.78, 5) is 9.75. The summed E-state index contributed by atoms with van der Waals surface area (Å²) >= 11 is 0. The van der Waals surface area contributed by atoms with Crippen LogP contribution in [0.1, 0.15) is 6.42 Å². The number of non-ortho nitro benzene ring substituents is 1. The van der Waals surface area contributed by atoms with E-state index in [4.69, 9.17) is 0 Å². The van der Waals surface area contributed by atoms with Crippen LogP contribution >= 0.6 is 0 Å². The molecule has 0 amide bonds. The van der Waals surface area contributed by atoms with Gasteiger partial charge in [0, 0.05) is 12.1 Å². The van der Waals surface area contributed by atoms with Gasteiger partial charge < -0.3 is 5.32 Å². The minimum atomic E-state index is -3.04. The minimum Gasteiger partial charge on any atom is -0.379 e. The molecule has 98 valence electrons. The summed E-state index contributed by atoms with van der Waals surface area (Å²) in [6.45, 7) is 0. The zero-order chi connectivity index (χ0) is 13.3. The molecule has 1 fully saturated rings. The molecule has 0 bridgehead atoms. The highest BCUT2D eigenvalue weighted by Crippen LogP contribution is 2.23. The Kier molecular flexibility index (Phi) is 3.20. The summed E-state index contributed by atoms with van der Waals surface area (Å²) in [6, 6.07) is 2.89. The van der Waals surface area contributed by atoms with E-state index in [0.717, 1.165) is 6.07 Å². The fraction of sp³-hybridized carbons (Fsp3) is 0.400. The highest BCUT2D eigenvalue weighted by molar-refractivity contribution is 7.91. The smallest absolute Gasteiger partial charge is 0.272 e. The molecule has 1 aromatic carbocycles. The van der Waals surface area contributed by atoms with E-state index < -0.39 is 20.6 Å².